The van der Waals surface area contributed by atoms with Crippen LogP contribution in [0.3, 0.4) is 0 Å². The molecule has 1 unspecified atom stereocenters. The SMILES string of the molecule is CC1(C)CC(Cc2cccc(F)c2Cl)=CC(Cl)C1. The minimum Gasteiger partial charge on any atom is -0.205 e. The van der Waals surface area contributed by atoms with Crippen LogP contribution in [-0.2, 0) is 6.42 Å². The third-order valence-corrected chi connectivity index (χ3v) is 4.02. The molecule has 1 atom stereocenters. The van der Waals surface area contributed by atoms with Gasteiger partial charge in [0.1, 0.15) is 5.82 Å². The van der Waals surface area contributed by atoms with Crippen LogP contribution in [0.15, 0.2) is 29.8 Å². The maximum Gasteiger partial charge on any atom is 0.142 e. The van der Waals surface area contributed by atoms with Crippen LogP contribution >= 0.6 is 23.2 Å². The van der Waals surface area contributed by atoms with Crippen LogP contribution < -0.4 is 0 Å². The van der Waals surface area contributed by atoms with Gasteiger partial charge in [-0.25, -0.2) is 4.39 Å². The standard InChI is InChI=1S/C15H17Cl2F/c1-15(2)8-10(7-12(16)9-15)6-11-4-3-5-13(18)14(11)17/h3-5,7,12H,6,8-9H2,1-2H3. The summed E-state index contributed by atoms with van der Waals surface area (Å²) in [6.07, 6.45) is 4.75. The quantitative estimate of drug-likeness (QED) is 0.506. The summed E-state index contributed by atoms with van der Waals surface area (Å²) < 4.78 is 13.4. The molecule has 1 aromatic rings. The molecule has 18 heavy (non-hydrogen) atoms. The second-order valence-electron chi connectivity index (χ2n) is 5.78. The largest absolute Gasteiger partial charge is 0.205 e. The Morgan fingerprint density at radius 3 is 2.78 bits per heavy atom. The van der Waals surface area contributed by atoms with E-state index in [4.69, 9.17) is 23.2 Å². The van der Waals surface area contributed by atoms with Gasteiger partial charge in [0, 0.05) is 0 Å². The highest BCUT2D eigenvalue weighted by Crippen LogP contribution is 2.39. The predicted octanol–water partition coefficient (Wildman–Crippen LogP) is 5.38. The number of benzene rings is 1. The zero-order valence-electron chi connectivity index (χ0n) is 10.6. The fourth-order valence-corrected chi connectivity index (χ4v) is 3.43. The minimum absolute atomic E-state index is 0.0658. The summed E-state index contributed by atoms with van der Waals surface area (Å²) in [5, 5.41) is 0.295. The van der Waals surface area contributed by atoms with Crippen LogP contribution in [0.25, 0.3) is 0 Å². The molecule has 0 N–H and O–H groups in total. The van der Waals surface area contributed by atoms with Gasteiger partial charge in [-0.15, -0.1) is 11.6 Å². The van der Waals surface area contributed by atoms with Crippen LogP contribution in [-0.4, -0.2) is 5.38 Å². The molecule has 0 heterocycles. The number of alkyl halides is 1. The van der Waals surface area contributed by atoms with Gasteiger partial charge in [0.25, 0.3) is 0 Å². The van der Waals surface area contributed by atoms with Gasteiger partial charge in [0.15, 0.2) is 0 Å². The molecule has 0 nitrogen and oxygen atoms in total. The average molecular weight is 287 g/mol. The molecule has 0 saturated carbocycles. The zero-order chi connectivity index (χ0) is 13.3. The molecule has 0 amide bonds. The highest BCUT2D eigenvalue weighted by Gasteiger charge is 2.27. The summed E-state index contributed by atoms with van der Waals surface area (Å²) in [7, 11) is 0. The first-order chi connectivity index (χ1) is 8.37. The summed E-state index contributed by atoms with van der Waals surface area (Å²) in [4.78, 5) is 0. The van der Waals surface area contributed by atoms with Crippen molar-refractivity contribution in [1.82, 2.24) is 0 Å². The number of halogens is 3. The van der Waals surface area contributed by atoms with Crippen molar-refractivity contribution in [1.29, 1.82) is 0 Å². The van der Waals surface area contributed by atoms with Crippen molar-refractivity contribution < 1.29 is 4.39 Å². The lowest BCUT2D eigenvalue weighted by atomic mass is 9.76. The van der Waals surface area contributed by atoms with Crippen molar-refractivity contribution in [3.8, 4) is 0 Å². The van der Waals surface area contributed by atoms with E-state index in [1.165, 1.54) is 11.6 Å². The van der Waals surface area contributed by atoms with Crippen molar-refractivity contribution in [3.05, 3.63) is 46.3 Å². The van der Waals surface area contributed by atoms with Crippen LogP contribution in [0.4, 0.5) is 4.39 Å². The van der Waals surface area contributed by atoms with Gasteiger partial charge in [-0.05, 0) is 36.3 Å². The summed E-state index contributed by atoms with van der Waals surface area (Å²) in [6.45, 7) is 4.42. The lowest BCUT2D eigenvalue weighted by Gasteiger charge is -2.32. The van der Waals surface area contributed by atoms with E-state index in [0.717, 1.165) is 18.4 Å². The minimum atomic E-state index is -0.354. The summed E-state index contributed by atoms with van der Waals surface area (Å²) in [5.41, 5.74) is 2.29. The fraction of sp³-hybridized carbons (Fsp3) is 0.467. The maximum atomic E-state index is 13.4. The fourth-order valence-electron chi connectivity index (χ4n) is 2.64. The Balaban J connectivity index is 2.21. The molecule has 0 saturated heterocycles. The topological polar surface area (TPSA) is 0 Å². The van der Waals surface area contributed by atoms with E-state index in [1.54, 1.807) is 6.07 Å². The number of rotatable bonds is 2. The molecule has 0 aliphatic heterocycles. The van der Waals surface area contributed by atoms with Crippen LogP contribution in [0, 0.1) is 11.2 Å². The first kappa shape index (κ1) is 13.9. The van der Waals surface area contributed by atoms with Gasteiger partial charge in [-0.1, -0.05) is 49.2 Å². The third-order valence-electron chi connectivity index (χ3n) is 3.32. The van der Waals surface area contributed by atoms with Gasteiger partial charge in [0.2, 0.25) is 0 Å². The lowest BCUT2D eigenvalue weighted by molar-refractivity contribution is 0.320. The van der Waals surface area contributed by atoms with E-state index in [-0.39, 0.29) is 21.6 Å². The molecule has 2 rings (SSSR count). The monoisotopic (exact) mass is 286 g/mol. The van der Waals surface area contributed by atoms with Crippen molar-refractivity contribution in [2.45, 2.75) is 38.5 Å². The van der Waals surface area contributed by atoms with E-state index in [2.05, 4.69) is 19.9 Å². The zero-order valence-corrected chi connectivity index (χ0v) is 12.2. The Labute approximate surface area is 118 Å². The van der Waals surface area contributed by atoms with E-state index in [9.17, 15) is 4.39 Å². The average Bonchev–Trinajstić information content (AvgIpc) is 2.22. The highest BCUT2D eigenvalue weighted by molar-refractivity contribution is 6.31. The number of hydrogen-bond donors (Lipinski definition) is 0. The molecule has 0 radical (unpaired) electrons. The highest BCUT2D eigenvalue weighted by atomic mass is 35.5. The Bertz CT molecular complexity index is 477. The van der Waals surface area contributed by atoms with Gasteiger partial charge in [-0.2, -0.15) is 0 Å². The molecule has 3 heteroatoms. The third kappa shape index (κ3) is 3.27. The molecule has 1 aliphatic carbocycles. The molecule has 1 aromatic carbocycles. The molecule has 0 bridgehead atoms. The van der Waals surface area contributed by atoms with Crippen LogP contribution in [0.1, 0.15) is 32.3 Å². The first-order valence-electron chi connectivity index (χ1n) is 6.14. The van der Waals surface area contributed by atoms with Crippen molar-refractivity contribution in [2.24, 2.45) is 5.41 Å². The molecular weight excluding hydrogens is 270 g/mol. The van der Waals surface area contributed by atoms with E-state index >= 15 is 0 Å². The van der Waals surface area contributed by atoms with E-state index in [0.29, 0.717) is 6.42 Å². The second kappa shape index (κ2) is 5.22. The lowest BCUT2D eigenvalue weighted by Crippen LogP contribution is -2.22. The first-order valence-corrected chi connectivity index (χ1v) is 6.95. The molecule has 1 aliphatic rings. The van der Waals surface area contributed by atoms with Gasteiger partial charge in [0.05, 0.1) is 10.4 Å². The Morgan fingerprint density at radius 2 is 2.11 bits per heavy atom. The summed E-state index contributed by atoms with van der Waals surface area (Å²) in [6, 6.07) is 4.95. The molecule has 0 spiro atoms. The van der Waals surface area contributed by atoms with E-state index in [1.807, 2.05) is 6.07 Å². The van der Waals surface area contributed by atoms with Gasteiger partial charge >= 0.3 is 0 Å². The van der Waals surface area contributed by atoms with Crippen LogP contribution in [0.5, 0.6) is 0 Å². The molecule has 98 valence electrons. The van der Waals surface area contributed by atoms with Gasteiger partial charge < -0.3 is 0 Å². The van der Waals surface area contributed by atoms with Crippen molar-refractivity contribution in [3.63, 3.8) is 0 Å². The number of allylic oxidation sites excluding steroid dienone is 2. The smallest absolute Gasteiger partial charge is 0.142 e. The van der Waals surface area contributed by atoms with Gasteiger partial charge in [-0.3, -0.25) is 0 Å². The molecular formula is C15H17Cl2F. The normalized spacial score (nSPS) is 22.7. The number of hydrogen-bond acceptors (Lipinski definition) is 0. The Hall–Kier alpha value is -0.530. The Morgan fingerprint density at radius 1 is 1.39 bits per heavy atom. The van der Waals surface area contributed by atoms with Crippen molar-refractivity contribution >= 4 is 23.2 Å². The Kier molecular flexibility index (Phi) is 4.03. The van der Waals surface area contributed by atoms with E-state index < -0.39 is 0 Å². The second-order valence-corrected chi connectivity index (χ2v) is 6.71. The maximum absolute atomic E-state index is 13.4. The summed E-state index contributed by atoms with van der Waals surface area (Å²) >= 11 is 12.2. The van der Waals surface area contributed by atoms with Crippen molar-refractivity contribution in [2.75, 3.05) is 0 Å². The van der Waals surface area contributed by atoms with Crippen LogP contribution in [0.2, 0.25) is 5.02 Å². The molecule has 0 fully saturated rings. The summed E-state index contributed by atoms with van der Waals surface area (Å²) in [5.74, 6) is -0.354. The molecule has 0 aromatic heterocycles. The predicted molar refractivity (Wildman–Crippen MR) is 75.9 cm³/mol.